The summed E-state index contributed by atoms with van der Waals surface area (Å²) in [5.74, 6) is -0.758. The molecule has 2 saturated carbocycles. The van der Waals surface area contributed by atoms with Crippen LogP contribution in [0.3, 0.4) is 0 Å². The van der Waals surface area contributed by atoms with Crippen molar-refractivity contribution >= 4 is 51.5 Å². The zero-order valence-electron chi connectivity index (χ0n) is 35.4. The summed E-state index contributed by atoms with van der Waals surface area (Å²) in [6.45, 7) is 7.89. The lowest BCUT2D eigenvalue weighted by Gasteiger charge is -2.37. The maximum atomic E-state index is 13.3. The summed E-state index contributed by atoms with van der Waals surface area (Å²) >= 11 is 3.51. The van der Waals surface area contributed by atoms with Gasteiger partial charge in [-0.25, -0.2) is 8.78 Å². The first kappa shape index (κ1) is 46.6. The third kappa shape index (κ3) is 9.40. The Hall–Kier alpha value is -4.86. The highest BCUT2D eigenvalue weighted by Gasteiger charge is 2.50. The molecule has 62 heavy (non-hydrogen) atoms. The van der Waals surface area contributed by atoms with E-state index in [1.54, 1.807) is 12.1 Å². The normalized spacial score (nSPS) is 23.1. The number of hydrogen-bond acceptors (Lipinski definition) is 8. The maximum Gasteiger partial charge on any atom is 0.488 e. The molecule has 328 valence electrons. The second-order valence-electron chi connectivity index (χ2n) is 17.0. The molecule has 8 N–H and O–H groups in total. The summed E-state index contributed by atoms with van der Waals surface area (Å²) in [5, 5.41) is 64.4. The van der Waals surface area contributed by atoms with Crippen LogP contribution in [0.1, 0.15) is 84.7 Å². The molecule has 2 fully saturated rings. The van der Waals surface area contributed by atoms with Crippen molar-refractivity contribution < 1.29 is 48.8 Å². The Morgan fingerprint density at radius 1 is 0.661 bits per heavy atom. The van der Waals surface area contributed by atoms with Gasteiger partial charge in [-0.2, -0.15) is 0 Å². The van der Waals surface area contributed by atoms with Crippen LogP contribution in [0.15, 0.2) is 88.8 Å². The Morgan fingerprint density at radius 3 is 1.55 bits per heavy atom. The summed E-state index contributed by atoms with van der Waals surface area (Å²) in [6.07, 6.45) is 6.09. The van der Waals surface area contributed by atoms with E-state index in [1.807, 2.05) is 52.0 Å². The van der Waals surface area contributed by atoms with Crippen molar-refractivity contribution in [2.45, 2.75) is 90.1 Å². The Morgan fingerprint density at radius 2 is 1.10 bits per heavy atom. The molecule has 0 saturated heterocycles. The summed E-state index contributed by atoms with van der Waals surface area (Å²) in [7, 11) is -1.51. The molecule has 4 atom stereocenters. The van der Waals surface area contributed by atoms with E-state index in [1.165, 1.54) is 36.4 Å². The SMILES string of the molecule is Cc1ccc(-c2ccc(F)cc2)c(C)c1C1=C(O)[C@@]2(CCC[C@@H](CO)C2)NC1=O.Cc1ccc(Br)c(C)c1C1=C(O)[C@@]2(CCC[C@@H](CO)C2)NC1=O.OB(O)c1ccc(F)cc1. The highest BCUT2D eigenvalue weighted by atomic mass is 79.9. The maximum absolute atomic E-state index is 13.3. The summed E-state index contributed by atoms with van der Waals surface area (Å²) in [6, 6.07) is 19.0. The minimum absolute atomic E-state index is 0.0539. The number of amides is 2. The van der Waals surface area contributed by atoms with Crippen LogP contribution in [-0.4, -0.2) is 73.7 Å². The number of carbonyl (C=O) groups is 2. The van der Waals surface area contributed by atoms with Gasteiger partial charge >= 0.3 is 7.12 Å². The van der Waals surface area contributed by atoms with Crippen molar-refractivity contribution in [1.29, 1.82) is 0 Å². The number of aliphatic hydroxyl groups is 4. The fourth-order valence-corrected chi connectivity index (χ4v) is 9.93. The Balaban J connectivity index is 0.000000173. The molecule has 0 aromatic heterocycles. The number of halogens is 3. The van der Waals surface area contributed by atoms with E-state index in [-0.39, 0.29) is 60.0 Å². The molecule has 4 aromatic rings. The fraction of sp³-hybridized carbons (Fsp3) is 0.375. The van der Waals surface area contributed by atoms with Gasteiger partial charge in [0, 0.05) is 17.7 Å². The second-order valence-corrected chi connectivity index (χ2v) is 17.9. The first-order valence-corrected chi connectivity index (χ1v) is 21.7. The van der Waals surface area contributed by atoms with Gasteiger partial charge in [0.2, 0.25) is 0 Å². The van der Waals surface area contributed by atoms with Crippen molar-refractivity contribution in [3.63, 3.8) is 0 Å². The zero-order chi connectivity index (χ0) is 45.1. The van der Waals surface area contributed by atoms with Gasteiger partial charge in [-0.15, -0.1) is 0 Å². The van der Waals surface area contributed by atoms with Gasteiger partial charge in [0.1, 0.15) is 23.2 Å². The molecule has 8 rings (SSSR count). The topological polar surface area (TPSA) is 180 Å². The second kappa shape index (κ2) is 19.3. The number of carbonyl (C=O) groups excluding carboxylic acids is 2. The van der Waals surface area contributed by atoms with Gasteiger partial charge in [0.05, 0.1) is 22.2 Å². The van der Waals surface area contributed by atoms with E-state index >= 15 is 0 Å². The van der Waals surface area contributed by atoms with Crippen molar-refractivity contribution in [3.8, 4) is 11.1 Å². The minimum Gasteiger partial charge on any atom is -0.509 e. The lowest BCUT2D eigenvalue weighted by atomic mass is 9.75. The number of benzene rings is 4. The average Bonchev–Trinajstić information content (AvgIpc) is 3.62. The summed E-state index contributed by atoms with van der Waals surface area (Å²) < 4.78 is 26.5. The number of rotatable bonds is 6. The Labute approximate surface area is 369 Å². The quantitative estimate of drug-likeness (QED) is 0.0928. The summed E-state index contributed by atoms with van der Waals surface area (Å²) in [5.41, 5.74) is 6.49. The predicted octanol–water partition coefficient (Wildman–Crippen LogP) is 7.32. The molecule has 14 heteroatoms. The lowest BCUT2D eigenvalue weighted by molar-refractivity contribution is -0.117. The number of aryl methyl sites for hydroxylation is 2. The van der Waals surface area contributed by atoms with Crippen LogP contribution in [0.2, 0.25) is 0 Å². The van der Waals surface area contributed by atoms with Crippen LogP contribution in [0.5, 0.6) is 0 Å². The lowest BCUT2D eigenvalue weighted by Crippen LogP contribution is -2.48. The average molecular weight is 916 g/mol. The van der Waals surface area contributed by atoms with E-state index < -0.39 is 18.2 Å². The highest BCUT2D eigenvalue weighted by Crippen LogP contribution is 2.46. The molecular formula is C48H54BBrF2N2O8. The molecule has 4 aliphatic rings. The molecule has 0 unspecified atom stereocenters. The number of hydrogen-bond donors (Lipinski definition) is 8. The van der Waals surface area contributed by atoms with Gasteiger partial charge < -0.3 is 41.1 Å². The van der Waals surface area contributed by atoms with Crippen LogP contribution < -0.4 is 16.1 Å². The first-order valence-electron chi connectivity index (χ1n) is 20.9. The monoisotopic (exact) mass is 914 g/mol. The molecule has 10 nitrogen and oxygen atoms in total. The third-order valence-electron chi connectivity index (χ3n) is 12.9. The molecule has 0 radical (unpaired) electrons. The molecule has 0 bridgehead atoms. The van der Waals surface area contributed by atoms with Gasteiger partial charge in [0.15, 0.2) is 0 Å². The molecule has 2 aliphatic heterocycles. The highest BCUT2D eigenvalue weighted by molar-refractivity contribution is 9.10. The molecule has 2 heterocycles. The third-order valence-corrected chi connectivity index (χ3v) is 13.7. The van der Waals surface area contributed by atoms with E-state index in [4.69, 9.17) is 10.0 Å². The van der Waals surface area contributed by atoms with E-state index in [0.717, 1.165) is 81.1 Å². The standard InChI is InChI=1S/C24H26FNO3.C18H22BrNO3.C6H6BFO2/c1-14-5-10-19(17-6-8-18(25)9-7-17)15(2)20(14)21-22(28)24(26-23(21)29)11-3-4-16(12-24)13-27;1-10-5-6-13(19)11(2)14(10)15-16(22)18(20-17(15)23)7-3-4-12(8-18)9-21;8-6-3-1-5(2-4-6)7(9)10/h5-10,16,27-28H,3-4,11-13H2,1-2H3,(H,26,29);5-6,12,21-22H,3-4,7-9H2,1-2H3,(H,20,23);1-4,9-10H/t16-,24+;12-,18+;/m11./s1. The molecule has 2 aliphatic carbocycles. The van der Waals surface area contributed by atoms with Crippen molar-refractivity contribution in [2.75, 3.05) is 13.2 Å². The van der Waals surface area contributed by atoms with Crippen molar-refractivity contribution in [1.82, 2.24) is 10.6 Å². The molecule has 2 spiro atoms. The van der Waals surface area contributed by atoms with Crippen LogP contribution >= 0.6 is 15.9 Å². The van der Waals surface area contributed by atoms with Crippen LogP contribution in [0, 0.1) is 51.2 Å². The van der Waals surface area contributed by atoms with Gasteiger partial charge in [-0.05, 0) is 158 Å². The van der Waals surface area contributed by atoms with Gasteiger partial charge in [0.25, 0.3) is 11.8 Å². The van der Waals surface area contributed by atoms with E-state index in [2.05, 4.69) is 26.6 Å². The van der Waals surface area contributed by atoms with E-state index in [0.29, 0.717) is 35.9 Å². The number of nitrogens with one attached hydrogen (secondary N) is 2. The number of aliphatic hydroxyl groups excluding tert-OH is 4. The van der Waals surface area contributed by atoms with Crippen LogP contribution in [0.25, 0.3) is 22.3 Å². The fourth-order valence-electron chi connectivity index (χ4n) is 9.60. The largest absolute Gasteiger partial charge is 0.509 e. The predicted molar refractivity (Wildman–Crippen MR) is 240 cm³/mol. The minimum atomic E-state index is -1.51. The molecular weight excluding hydrogens is 861 g/mol. The van der Waals surface area contributed by atoms with Crippen molar-refractivity contribution in [2.24, 2.45) is 11.8 Å². The van der Waals surface area contributed by atoms with Crippen molar-refractivity contribution in [3.05, 3.63) is 134 Å². The first-order chi connectivity index (χ1) is 29.5. The van der Waals surface area contributed by atoms with Gasteiger partial charge in [-0.3, -0.25) is 9.59 Å². The summed E-state index contributed by atoms with van der Waals surface area (Å²) in [4.78, 5) is 25.7. The Kier molecular flexibility index (Phi) is 14.5. The zero-order valence-corrected chi connectivity index (χ0v) is 37.0. The van der Waals surface area contributed by atoms with Crippen LogP contribution in [0.4, 0.5) is 8.78 Å². The van der Waals surface area contributed by atoms with E-state index in [9.17, 15) is 38.8 Å². The Bertz CT molecular complexity index is 2390. The molecule has 4 aromatic carbocycles. The molecule has 2 amide bonds. The van der Waals surface area contributed by atoms with Gasteiger partial charge in [-0.1, -0.05) is 71.2 Å². The van der Waals surface area contributed by atoms with Crippen LogP contribution in [-0.2, 0) is 9.59 Å². The smallest absolute Gasteiger partial charge is 0.488 e.